The lowest BCUT2D eigenvalue weighted by Crippen LogP contribution is -2.16. The molecule has 1 nitrogen and oxygen atoms in total. The second kappa shape index (κ2) is 7.15. The van der Waals surface area contributed by atoms with Crippen LogP contribution in [0, 0.1) is 0 Å². The van der Waals surface area contributed by atoms with E-state index in [-0.39, 0.29) is 0 Å². The molecule has 0 saturated carbocycles. The van der Waals surface area contributed by atoms with Gasteiger partial charge in [-0.3, -0.25) is 0 Å². The van der Waals surface area contributed by atoms with Crippen LogP contribution < -0.4 is 5.32 Å². The van der Waals surface area contributed by atoms with Crippen LogP contribution in [0.1, 0.15) is 11.1 Å². The fourth-order valence-electron chi connectivity index (χ4n) is 2.53. The summed E-state index contributed by atoms with van der Waals surface area (Å²) in [5, 5.41) is 7.44. The maximum Gasteiger partial charge on any atom is 0.0453 e. The number of rotatable bonds is 5. The number of halogens is 2. The Morgan fingerprint density at radius 3 is 2.45 bits per heavy atom. The van der Waals surface area contributed by atoms with Gasteiger partial charge in [0.1, 0.15) is 0 Å². The first-order valence-corrected chi connectivity index (χ1v) is 8.10. The van der Waals surface area contributed by atoms with Crippen LogP contribution in [-0.4, -0.2) is 6.54 Å². The largest absolute Gasteiger partial charge is 0.312 e. The van der Waals surface area contributed by atoms with Crippen LogP contribution in [0.15, 0.2) is 60.7 Å². The first-order chi connectivity index (χ1) is 10.7. The fraction of sp³-hybridized carbons (Fsp3) is 0.158. The first-order valence-electron chi connectivity index (χ1n) is 7.35. The summed E-state index contributed by atoms with van der Waals surface area (Å²) >= 11 is 12.1. The number of hydrogen-bond acceptors (Lipinski definition) is 1. The van der Waals surface area contributed by atoms with E-state index >= 15 is 0 Å². The Hall–Kier alpha value is -1.54. The van der Waals surface area contributed by atoms with E-state index in [1.165, 1.54) is 16.3 Å². The van der Waals surface area contributed by atoms with Gasteiger partial charge in [0, 0.05) is 16.6 Å². The van der Waals surface area contributed by atoms with Gasteiger partial charge in [-0.2, -0.15) is 0 Å². The molecule has 0 aliphatic heterocycles. The summed E-state index contributed by atoms with van der Waals surface area (Å²) in [7, 11) is 0. The van der Waals surface area contributed by atoms with Crippen LogP contribution in [0.25, 0.3) is 10.8 Å². The number of benzene rings is 3. The molecule has 0 fully saturated rings. The van der Waals surface area contributed by atoms with Gasteiger partial charge < -0.3 is 5.32 Å². The van der Waals surface area contributed by atoms with Gasteiger partial charge in [-0.15, -0.1) is 0 Å². The molecule has 3 aromatic rings. The van der Waals surface area contributed by atoms with Gasteiger partial charge in [-0.1, -0.05) is 65.7 Å². The smallest absolute Gasteiger partial charge is 0.0453 e. The van der Waals surface area contributed by atoms with Crippen LogP contribution in [-0.2, 0) is 13.0 Å². The van der Waals surface area contributed by atoms with E-state index < -0.39 is 0 Å². The van der Waals surface area contributed by atoms with Gasteiger partial charge >= 0.3 is 0 Å². The molecule has 0 unspecified atom stereocenters. The van der Waals surface area contributed by atoms with Crippen molar-refractivity contribution in [3.05, 3.63) is 81.8 Å². The highest BCUT2D eigenvalue weighted by Gasteiger charge is 2.01. The quantitative estimate of drug-likeness (QED) is 0.611. The second-order valence-electron chi connectivity index (χ2n) is 5.34. The molecule has 0 heterocycles. The summed E-state index contributed by atoms with van der Waals surface area (Å²) in [4.78, 5) is 0. The van der Waals surface area contributed by atoms with E-state index in [1.54, 1.807) is 6.07 Å². The Balaban J connectivity index is 1.55. The standard InChI is InChI=1S/C19H17Cl2N/c20-18-8-7-16(19(21)12-18)9-10-22-13-14-5-6-15-3-1-2-4-17(15)11-14/h1-8,11-12,22H,9-10,13H2. The molecular formula is C19H17Cl2N. The third kappa shape index (κ3) is 3.80. The van der Waals surface area contributed by atoms with Gasteiger partial charge in [0.25, 0.3) is 0 Å². The molecule has 0 amide bonds. The minimum atomic E-state index is 0.679. The van der Waals surface area contributed by atoms with Gasteiger partial charge in [0.2, 0.25) is 0 Å². The van der Waals surface area contributed by atoms with Gasteiger partial charge in [-0.05, 0) is 53.1 Å². The van der Waals surface area contributed by atoms with Crippen molar-refractivity contribution < 1.29 is 0 Å². The van der Waals surface area contributed by atoms with Crippen molar-refractivity contribution in [1.29, 1.82) is 0 Å². The van der Waals surface area contributed by atoms with Crippen molar-refractivity contribution in [3.8, 4) is 0 Å². The Kier molecular flexibility index (Phi) is 4.99. The predicted molar refractivity (Wildman–Crippen MR) is 95.8 cm³/mol. The Morgan fingerprint density at radius 1 is 0.818 bits per heavy atom. The number of hydrogen-bond donors (Lipinski definition) is 1. The lowest BCUT2D eigenvalue weighted by atomic mass is 10.1. The van der Waals surface area contributed by atoms with Crippen molar-refractivity contribution in [1.82, 2.24) is 5.32 Å². The van der Waals surface area contributed by atoms with Crippen LogP contribution in [0.4, 0.5) is 0 Å². The Labute approximate surface area is 140 Å². The molecule has 22 heavy (non-hydrogen) atoms. The number of fused-ring (bicyclic) bond motifs is 1. The monoisotopic (exact) mass is 329 g/mol. The molecule has 0 aliphatic rings. The minimum absolute atomic E-state index is 0.679. The topological polar surface area (TPSA) is 12.0 Å². The van der Waals surface area contributed by atoms with Crippen molar-refractivity contribution in [2.75, 3.05) is 6.54 Å². The van der Waals surface area contributed by atoms with Gasteiger partial charge in [0.05, 0.1) is 0 Å². The minimum Gasteiger partial charge on any atom is -0.312 e. The molecule has 0 radical (unpaired) electrons. The molecule has 0 bridgehead atoms. The highest BCUT2D eigenvalue weighted by atomic mass is 35.5. The zero-order valence-electron chi connectivity index (χ0n) is 12.2. The average Bonchev–Trinajstić information content (AvgIpc) is 2.53. The number of nitrogens with one attached hydrogen (secondary N) is 1. The zero-order chi connectivity index (χ0) is 15.4. The van der Waals surface area contributed by atoms with E-state index in [4.69, 9.17) is 23.2 Å². The summed E-state index contributed by atoms with van der Waals surface area (Å²) in [5.74, 6) is 0. The Morgan fingerprint density at radius 2 is 1.64 bits per heavy atom. The molecule has 3 rings (SSSR count). The normalized spacial score (nSPS) is 11.0. The van der Waals surface area contributed by atoms with E-state index in [0.717, 1.165) is 30.1 Å². The van der Waals surface area contributed by atoms with Gasteiger partial charge in [0.15, 0.2) is 0 Å². The van der Waals surface area contributed by atoms with Crippen LogP contribution in [0.5, 0.6) is 0 Å². The van der Waals surface area contributed by atoms with E-state index in [2.05, 4.69) is 47.8 Å². The maximum absolute atomic E-state index is 6.18. The second-order valence-corrected chi connectivity index (χ2v) is 6.19. The maximum atomic E-state index is 6.18. The van der Waals surface area contributed by atoms with Crippen LogP contribution in [0.2, 0.25) is 10.0 Å². The molecular weight excluding hydrogens is 313 g/mol. The first kappa shape index (κ1) is 15.4. The van der Waals surface area contributed by atoms with Gasteiger partial charge in [-0.25, -0.2) is 0 Å². The Bertz CT molecular complexity index is 783. The highest BCUT2D eigenvalue weighted by Crippen LogP contribution is 2.21. The summed E-state index contributed by atoms with van der Waals surface area (Å²) in [5.41, 5.74) is 2.41. The molecule has 0 atom stereocenters. The van der Waals surface area contributed by atoms with E-state index in [1.807, 2.05) is 12.1 Å². The van der Waals surface area contributed by atoms with Crippen molar-refractivity contribution in [2.24, 2.45) is 0 Å². The third-order valence-corrected chi connectivity index (χ3v) is 4.32. The molecule has 0 aliphatic carbocycles. The van der Waals surface area contributed by atoms with E-state index in [9.17, 15) is 0 Å². The van der Waals surface area contributed by atoms with E-state index in [0.29, 0.717) is 5.02 Å². The molecule has 3 aromatic carbocycles. The molecule has 3 heteroatoms. The van der Waals surface area contributed by atoms with Crippen molar-refractivity contribution in [2.45, 2.75) is 13.0 Å². The molecule has 0 aromatic heterocycles. The summed E-state index contributed by atoms with van der Waals surface area (Å²) in [6, 6.07) is 20.7. The van der Waals surface area contributed by atoms with Crippen molar-refractivity contribution >= 4 is 34.0 Å². The van der Waals surface area contributed by atoms with Crippen LogP contribution in [0.3, 0.4) is 0 Å². The lowest BCUT2D eigenvalue weighted by Gasteiger charge is -2.08. The molecule has 112 valence electrons. The highest BCUT2D eigenvalue weighted by molar-refractivity contribution is 6.35. The van der Waals surface area contributed by atoms with Crippen LogP contribution >= 0.6 is 23.2 Å². The predicted octanol–water partition coefficient (Wildman–Crippen LogP) is 5.48. The summed E-state index contributed by atoms with van der Waals surface area (Å²) in [6.07, 6.45) is 0.892. The molecule has 0 saturated heterocycles. The lowest BCUT2D eigenvalue weighted by molar-refractivity contribution is 0.687. The molecule has 1 N–H and O–H groups in total. The third-order valence-electron chi connectivity index (χ3n) is 3.73. The molecule has 0 spiro atoms. The summed E-state index contributed by atoms with van der Waals surface area (Å²) in [6.45, 7) is 1.74. The average molecular weight is 330 g/mol. The SMILES string of the molecule is Clc1ccc(CCNCc2ccc3ccccc3c2)c(Cl)c1. The zero-order valence-corrected chi connectivity index (χ0v) is 13.7. The summed E-state index contributed by atoms with van der Waals surface area (Å²) < 4.78 is 0. The van der Waals surface area contributed by atoms with Crippen molar-refractivity contribution in [3.63, 3.8) is 0 Å². The fourth-order valence-corrected chi connectivity index (χ4v) is 3.03.